The van der Waals surface area contributed by atoms with Crippen LogP contribution >= 0.6 is 11.3 Å². The average molecular weight is 411 g/mol. The van der Waals surface area contributed by atoms with E-state index in [2.05, 4.69) is 10.3 Å². The standard InChI is InChI=1S/C20H27FN2O4S/c1-11(22-12(2)24)9-26-14-7-13(8-14)10-27-16-6-5-15-18(17(16)21)28-19(23-15)20(3,4)25/h5-6,11,13-14,25H,7-10H2,1-4H3,(H,22,24)/t11-,13?,14?/m0/s1. The van der Waals surface area contributed by atoms with E-state index in [0.29, 0.717) is 34.4 Å². The summed E-state index contributed by atoms with van der Waals surface area (Å²) in [5, 5.41) is 13.3. The van der Waals surface area contributed by atoms with Crippen LogP contribution in [0, 0.1) is 11.7 Å². The van der Waals surface area contributed by atoms with Gasteiger partial charge in [-0.25, -0.2) is 9.37 Å². The second kappa shape index (κ2) is 8.31. The predicted octanol–water partition coefficient (Wildman–Crippen LogP) is 3.36. The van der Waals surface area contributed by atoms with Crippen LogP contribution in [0.25, 0.3) is 10.2 Å². The van der Waals surface area contributed by atoms with E-state index in [1.165, 1.54) is 6.92 Å². The quantitative estimate of drug-likeness (QED) is 0.698. The summed E-state index contributed by atoms with van der Waals surface area (Å²) in [5.74, 6) is 0.0408. The van der Waals surface area contributed by atoms with E-state index in [0.717, 1.165) is 24.2 Å². The van der Waals surface area contributed by atoms with Gasteiger partial charge in [0.25, 0.3) is 0 Å². The normalized spacial score (nSPS) is 20.6. The Labute approximate surface area is 168 Å². The van der Waals surface area contributed by atoms with Crippen molar-refractivity contribution in [2.45, 2.75) is 58.3 Å². The highest BCUT2D eigenvalue weighted by Gasteiger charge is 2.31. The van der Waals surface area contributed by atoms with Crippen molar-refractivity contribution in [1.82, 2.24) is 10.3 Å². The number of carbonyl (C=O) groups excluding carboxylic acids is 1. The Morgan fingerprint density at radius 2 is 2.18 bits per heavy atom. The molecular weight excluding hydrogens is 383 g/mol. The Morgan fingerprint density at radius 3 is 2.82 bits per heavy atom. The number of carbonyl (C=O) groups is 1. The van der Waals surface area contributed by atoms with Crippen molar-refractivity contribution < 1.29 is 23.8 Å². The number of ether oxygens (including phenoxy) is 2. The largest absolute Gasteiger partial charge is 0.490 e. The molecule has 1 aromatic carbocycles. The van der Waals surface area contributed by atoms with Crippen molar-refractivity contribution in [2.24, 2.45) is 5.92 Å². The molecule has 6 nitrogen and oxygen atoms in total. The molecule has 1 saturated carbocycles. The Morgan fingerprint density at radius 1 is 1.46 bits per heavy atom. The topological polar surface area (TPSA) is 80.7 Å². The maximum absolute atomic E-state index is 14.7. The minimum Gasteiger partial charge on any atom is -0.490 e. The fourth-order valence-electron chi connectivity index (χ4n) is 3.14. The third kappa shape index (κ3) is 4.98. The third-order valence-corrected chi connectivity index (χ3v) is 6.06. The van der Waals surface area contributed by atoms with Gasteiger partial charge in [0, 0.05) is 13.0 Å². The van der Waals surface area contributed by atoms with E-state index in [4.69, 9.17) is 9.47 Å². The zero-order chi connectivity index (χ0) is 20.5. The first-order valence-corrected chi connectivity index (χ1v) is 10.3. The maximum Gasteiger partial charge on any atom is 0.217 e. The van der Waals surface area contributed by atoms with Crippen LogP contribution in [0.1, 0.15) is 45.5 Å². The van der Waals surface area contributed by atoms with Gasteiger partial charge in [-0.3, -0.25) is 4.79 Å². The lowest BCUT2D eigenvalue weighted by Crippen LogP contribution is -2.40. The van der Waals surface area contributed by atoms with E-state index < -0.39 is 11.4 Å². The molecule has 154 valence electrons. The predicted molar refractivity (Wildman–Crippen MR) is 106 cm³/mol. The van der Waals surface area contributed by atoms with E-state index in [-0.39, 0.29) is 23.8 Å². The number of halogens is 1. The first-order valence-electron chi connectivity index (χ1n) is 9.47. The highest BCUT2D eigenvalue weighted by Crippen LogP contribution is 2.36. The molecule has 1 aliphatic carbocycles. The molecule has 0 unspecified atom stereocenters. The summed E-state index contributed by atoms with van der Waals surface area (Å²) in [5.41, 5.74) is -0.576. The van der Waals surface area contributed by atoms with E-state index in [1.54, 1.807) is 26.0 Å². The van der Waals surface area contributed by atoms with E-state index in [9.17, 15) is 14.3 Å². The van der Waals surface area contributed by atoms with Gasteiger partial charge in [0.2, 0.25) is 5.91 Å². The molecule has 0 radical (unpaired) electrons. The summed E-state index contributed by atoms with van der Waals surface area (Å²) in [6, 6.07) is 3.30. The van der Waals surface area contributed by atoms with Gasteiger partial charge in [-0.1, -0.05) is 0 Å². The molecule has 1 atom stereocenters. The molecule has 0 bridgehead atoms. The van der Waals surface area contributed by atoms with Crippen LogP contribution in [0.2, 0.25) is 0 Å². The Balaban J connectivity index is 1.49. The monoisotopic (exact) mass is 410 g/mol. The van der Waals surface area contributed by atoms with Crippen molar-refractivity contribution >= 4 is 27.5 Å². The number of aromatic nitrogens is 1. The minimum absolute atomic E-state index is 0.0122. The van der Waals surface area contributed by atoms with Crippen LogP contribution in [0.4, 0.5) is 4.39 Å². The molecule has 8 heteroatoms. The summed E-state index contributed by atoms with van der Waals surface area (Å²) < 4.78 is 26.6. The van der Waals surface area contributed by atoms with Crippen molar-refractivity contribution in [1.29, 1.82) is 0 Å². The molecule has 2 aromatic rings. The average Bonchev–Trinajstić information content (AvgIpc) is 2.99. The number of hydrogen-bond acceptors (Lipinski definition) is 6. The Hall–Kier alpha value is -1.77. The van der Waals surface area contributed by atoms with Gasteiger partial charge in [0.15, 0.2) is 11.6 Å². The number of nitrogens with one attached hydrogen (secondary N) is 1. The molecule has 1 fully saturated rings. The highest BCUT2D eigenvalue weighted by atomic mass is 32.1. The second-order valence-corrected chi connectivity index (χ2v) is 9.01. The first kappa shape index (κ1) is 21.0. The molecule has 1 aromatic heterocycles. The molecule has 0 spiro atoms. The summed E-state index contributed by atoms with van der Waals surface area (Å²) in [6.07, 6.45) is 1.88. The van der Waals surface area contributed by atoms with Gasteiger partial charge < -0.3 is 19.9 Å². The molecule has 1 aliphatic rings. The number of thiazole rings is 1. The van der Waals surface area contributed by atoms with Crippen LogP contribution < -0.4 is 10.1 Å². The summed E-state index contributed by atoms with van der Waals surface area (Å²) in [4.78, 5) is 15.3. The fourth-order valence-corrected chi connectivity index (χ4v) is 4.13. The Kier molecular flexibility index (Phi) is 6.21. The lowest BCUT2D eigenvalue weighted by Gasteiger charge is -2.35. The van der Waals surface area contributed by atoms with Crippen LogP contribution in [0.15, 0.2) is 12.1 Å². The SMILES string of the molecule is CC(=O)N[C@@H](C)COC1CC(COc2ccc3nc(C(C)(C)O)sc3c2F)C1. The Bertz CT molecular complexity index is 843. The molecular formula is C20H27FN2O4S. The molecule has 1 amide bonds. The molecule has 0 saturated heterocycles. The summed E-state index contributed by atoms with van der Waals surface area (Å²) >= 11 is 1.15. The van der Waals surface area contributed by atoms with Crippen LogP contribution in [-0.4, -0.2) is 41.4 Å². The minimum atomic E-state index is -1.10. The number of amides is 1. The first-order chi connectivity index (χ1) is 13.1. The molecule has 2 N–H and O–H groups in total. The van der Waals surface area contributed by atoms with Gasteiger partial charge >= 0.3 is 0 Å². The van der Waals surface area contributed by atoms with E-state index >= 15 is 0 Å². The lowest BCUT2D eigenvalue weighted by molar-refractivity contribution is -0.120. The van der Waals surface area contributed by atoms with Gasteiger partial charge in [-0.15, -0.1) is 11.3 Å². The molecule has 0 aliphatic heterocycles. The number of benzene rings is 1. The number of rotatable bonds is 8. The number of nitrogens with zero attached hydrogens (tertiary/aromatic N) is 1. The number of hydrogen-bond donors (Lipinski definition) is 2. The van der Waals surface area contributed by atoms with Gasteiger partial charge in [-0.2, -0.15) is 0 Å². The number of aliphatic hydroxyl groups is 1. The van der Waals surface area contributed by atoms with Crippen LogP contribution in [-0.2, 0) is 15.1 Å². The van der Waals surface area contributed by atoms with Crippen LogP contribution in [0.3, 0.4) is 0 Å². The highest BCUT2D eigenvalue weighted by molar-refractivity contribution is 7.18. The van der Waals surface area contributed by atoms with Gasteiger partial charge in [0.1, 0.15) is 10.6 Å². The number of fused-ring (bicyclic) bond motifs is 1. The van der Waals surface area contributed by atoms with E-state index in [1.807, 2.05) is 6.92 Å². The third-order valence-electron chi connectivity index (χ3n) is 4.68. The maximum atomic E-state index is 14.7. The second-order valence-electron chi connectivity index (χ2n) is 8.01. The zero-order valence-electron chi connectivity index (χ0n) is 16.6. The molecule has 3 rings (SSSR count). The van der Waals surface area contributed by atoms with Gasteiger partial charge in [0.05, 0.1) is 29.5 Å². The molecule has 28 heavy (non-hydrogen) atoms. The lowest BCUT2D eigenvalue weighted by atomic mass is 9.83. The summed E-state index contributed by atoms with van der Waals surface area (Å²) in [7, 11) is 0. The summed E-state index contributed by atoms with van der Waals surface area (Å²) in [6.45, 7) is 7.57. The smallest absolute Gasteiger partial charge is 0.217 e. The van der Waals surface area contributed by atoms with Crippen molar-refractivity contribution in [3.8, 4) is 5.75 Å². The van der Waals surface area contributed by atoms with Crippen molar-refractivity contribution in [3.05, 3.63) is 23.0 Å². The molecule has 1 heterocycles. The van der Waals surface area contributed by atoms with Crippen molar-refractivity contribution in [3.63, 3.8) is 0 Å². The van der Waals surface area contributed by atoms with Crippen molar-refractivity contribution in [2.75, 3.05) is 13.2 Å². The fraction of sp³-hybridized carbons (Fsp3) is 0.600. The van der Waals surface area contributed by atoms with Crippen LogP contribution in [0.5, 0.6) is 5.75 Å². The van der Waals surface area contributed by atoms with Gasteiger partial charge in [-0.05, 0) is 51.7 Å². The zero-order valence-corrected chi connectivity index (χ0v) is 17.4.